The quantitative estimate of drug-likeness (QED) is 0.542. The topological polar surface area (TPSA) is 17.1 Å². The van der Waals surface area contributed by atoms with Gasteiger partial charge in [-0.25, -0.2) is 0 Å². The Labute approximate surface area is 131 Å². The maximum absolute atomic E-state index is 12.2. The van der Waals surface area contributed by atoms with Crippen LogP contribution in [0.15, 0.2) is 36.4 Å². The van der Waals surface area contributed by atoms with E-state index in [2.05, 4.69) is 33.8 Å². The third kappa shape index (κ3) is 3.43. The molecule has 0 atom stereocenters. The third-order valence-electron chi connectivity index (χ3n) is 3.95. The number of ketones is 1. The van der Waals surface area contributed by atoms with Gasteiger partial charge in [0, 0.05) is 10.6 Å². The maximum atomic E-state index is 12.2. The van der Waals surface area contributed by atoms with E-state index >= 15 is 0 Å². The summed E-state index contributed by atoms with van der Waals surface area (Å²) in [6.07, 6.45) is 3.55. The van der Waals surface area contributed by atoms with Gasteiger partial charge >= 0.3 is 0 Å². The molecular formula is C19H19ClO. The van der Waals surface area contributed by atoms with Crippen LogP contribution in [0.3, 0.4) is 0 Å². The molecule has 0 spiro atoms. The second-order valence-electron chi connectivity index (χ2n) is 5.38. The van der Waals surface area contributed by atoms with Crippen LogP contribution in [0.5, 0.6) is 0 Å². The highest BCUT2D eigenvalue weighted by Crippen LogP contribution is 2.23. The van der Waals surface area contributed by atoms with Gasteiger partial charge in [-0.05, 0) is 85.9 Å². The molecule has 0 aromatic heterocycles. The van der Waals surface area contributed by atoms with Crippen molar-refractivity contribution in [2.75, 3.05) is 0 Å². The van der Waals surface area contributed by atoms with Crippen molar-refractivity contribution >= 4 is 23.5 Å². The Hall–Kier alpha value is -1.86. The van der Waals surface area contributed by atoms with E-state index in [1.54, 1.807) is 30.3 Å². The van der Waals surface area contributed by atoms with Gasteiger partial charge in [-0.3, -0.25) is 4.79 Å². The Kier molecular flexibility index (Phi) is 4.64. The average molecular weight is 299 g/mol. The molecule has 0 amide bonds. The van der Waals surface area contributed by atoms with Crippen LogP contribution in [0.25, 0.3) is 6.08 Å². The first kappa shape index (κ1) is 15.5. The molecule has 0 fully saturated rings. The molecule has 2 aromatic carbocycles. The van der Waals surface area contributed by atoms with Gasteiger partial charge in [0.05, 0.1) is 0 Å². The van der Waals surface area contributed by atoms with Crippen LogP contribution in [-0.4, -0.2) is 5.78 Å². The van der Waals surface area contributed by atoms with Gasteiger partial charge in [0.2, 0.25) is 0 Å². The molecule has 0 unspecified atom stereocenters. The minimum Gasteiger partial charge on any atom is -0.289 e. The zero-order chi connectivity index (χ0) is 15.6. The number of allylic oxidation sites excluding steroid dienone is 1. The van der Waals surface area contributed by atoms with Crippen LogP contribution in [0.2, 0.25) is 5.02 Å². The van der Waals surface area contributed by atoms with Gasteiger partial charge in [0.15, 0.2) is 5.78 Å². The van der Waals surface area contributed by atoms with Crippen molar-refractivity contribution in [1.82, 2.24) is 0 Å². The minimum atomic E-state index is -0.00961. The van der Waals surface area contributed by atoms with Crippen LogP contribution in [-0.2, 0) is 0 Å². The summed E-state index contributed by atoms with van der Waals surface area (Å²) in [7, 11) is 0. The molecule has 2 rings (SSSR count). The molecular weight excluding hydrogens is 280 g/mol. The molecule has 0 heterocycles. The second-order valence-corrected chi connectivity index (χ2v) is 5.81. The molecule has 0 aliphatic heterocycles. The van der Waals surface area contributed by atoms with Crippen molar-refractivity contribution in [2.24, 2.45) is 0 Å². The lowest BCUT2D eigenvalue weighted by atomic mass is 9.93. The van der Waals surface area contributed by atoms with Crippen molar-refractivity contribution in [3.63, 3.8) is 0 Å². The number of halogens is 1. The fourth-order valence-electron chi connectivity index (χ4n) is 2.37. The van der Waals surface area contributed by atoms with Gasteiger partial charge in [-0.1, -0.05) is 23.7 Å². The van der Waals surface area contributed by atoms with Crippen molar-refractivity contribution < 1.29 is 4.79 Å². The fraction of sp³-hybridized carbons (Fsp3) is 0.211. The molecule has 0 N–H and O–H groups in total. The van der Waals surface area contributed by atoms with Crippen LogP contribution in [0.1, 0.15) is 38.2 Å². The number of carbonyl (C=O) groups excluding carboxylic acids is 1. The predicted molar refractivity (Wildman–Crippen MR) is 90.2 cm³/mol. The number of rotatable bonds is 3. The first-order valence-electron chi connectivity index (χ1n) is 6.95. The monoisotopic (exact) mass is 298 g/mol. The number of hydrogen-bond donors (Lipinski definition) is 0. The molecule has 2 heteroatoms. The first-order chi connectivity index (χ1) is 9.90. The number of carbonyl (C=O) groups is 1. The van der Waals surface area contributed by atoms with Gasteiger partial charge in [0.25, 0.3) is 0 Å². The van der Waals surface area contributed by atoms with E-state index in [1.165, 1.54) is 22.3 Å². The second kappa shape index (κ2) is 6.28. The molecule has 0 radical (unpaired) electrons. The summed E-state index contributed by atoms with van der Waals surface area (Å²) in [4.78, 5) is 12.2. The summed E-state index contributed by atoms with van der Waals surface area (Å²) in [6.45, 7) is 8.38. The Morgan fingerprint density at radius 2 is 1.48 bits per heavy atom. The summed E-state index contributed by atoms with van der Waals surface area (Å²) in [6, 6.07) is 9.14. The van der Waals surface area contributed by atoms with Gasteiger partial charge < -0.3 is 0 Å². The van der Waals surface area contributed by atoms with E-state index in [0.29, 0.717) is 10.6 Å². The Balaban J connectivity index is 2.33. The van der Waals surface area contributed by atoms with Crippen LogP contribution < -0.4 is 0 Å². The van der Waals surface area contributed by atoms with Crippen molar-refractivity contribution in [3.8, 4) is 0 Å². The average Bonchev–Trinajstić information content (AvgIpc) is 2.45. The lowest BCUT2D eigenvalue weighted by Crippen LogP contribution is -1.97. The fourth-order valence-corrected chi connectivity index (χ4v) is 2.49. The lowest BCUT2D eigenvalue weighted by molar-refractivity contribution is 0.104. The number of hydrogen-bond acceptors (Lipinski definition) is 1. The Morgan fingerprint density at radius 3 is 2.00 bits per heavy atom. The van der Waals surface area contributed by atoms with Crippen molar-refractivity contribution in [1.29, 1.82) is 0 Å². The van der Waals surface area contributed by atoms with Crippen LogP contribution in [0.4, 0.5) is 0 Å². The Morgan fingerprint density at radius 1 is 0.952 bits per heavy atom. The summed E-state index contributed by atoms with van der Waals surface area (Å²) in [5.41, 5.74) is 6.72. The van der Waals surface area contributed by atoms with Crippen LogP contribution >= 0.6 is 11.6 Å². The summed E-state index contributed by atoms with van der Waals surface area (Å²) in [5.74, 6) is -0.00961. The normalized spacial score (nSPS) is 11.1. The molecule has 0 bridgehead atoms. The van der Waals surface area contributed by atoms with E-state index in [1.807, 2.05) is 6.08 Å². The lowest BCUT2D eigenvalue weighted by Gasteiger charge is -2.12. The predicted octanol–water partition coefficient (Wildman–Crippen LogP) is 5.47. The summed E-state index contributed by atoms with van der Waals surface area (Å²) >= 11 is 5.84. The molecule has 108 valence electrons. The summed E-state index contributed by atoms with van der Waals surface area (Å²) in [5, 5.41) is 0.636. The molecule has 1 nitrogen and oxygen atoms in total. The third-order valence-corrected chi connectivity index (χ3v) is 4.21. The zero-order valence-electron chi connectivity index (χ0n) is 12.8. The van der Waals surface area contributed by atoms with E-state index < -0.39 is 0 Å². The van der Waals surface area contributed by atoms with E-state index in [9.17, 15) is 4.79 Å². The Bertz CT molecular complexity index is 683. The standard InChI is InChI=1S/C19H19ClO/c1-12-11-13(2)15(4)18(14(12)3)9-10-19(21)16-5-7-17(20)8-6-16/h5-11H,1-4H3. The molecule has 21 heavy (non-hydrogen) atoms. The van der Waals surface area contributed by atoms with E-state index in [4.69, 9.17) is 11.6 Å². The highest BCUT2D eigenvalue weighted by atomic mass is 35.5. The van der Waals surface area contributed by atoms with Crippen LogP contribution in [0, 0.1) is 27.7 Å². The largest absolute Gasteiger partial charge is 0.289 e. The smallest absolute Gasteiger partial charge is 0.185 e. The van der Waals surface area contributed by atoms with Gasteiger partial charge in [0.1, 0.15) is 0 Å². The van der Waals surface area contributed by atoms with E-state index in [-0.39, 0.29) is 5.78 Å². The zero-order valence-corrected chi connectivity index (χ0v) is 13.6. The van der Waals surface area contributed by atoms with E-state index in [0.717, 1.165) is 5.56 Å². The van der Waals surface area contributed by atoms with Crippen molar-refractivity contribution in [3.05, 3.63) is 74.8 Å². The molecule has 0 aliphatic carbocycles. The SMILES string of the molecule is Cc1cc(C)c(C)c(C=CC(=O)c2ccc(Cl)cc2)c1C. The summed E-state index contributed by atoms with van der Waals surface area (Å²) < 4.78 is 0. The number of benzene rings is 2. The first-order valence-corrected chi connectivity index (χ1v) is 7.33. The highest BCUT2D eigenvalue weighted by molar-refractivity contribution is 6.30. The molecule has 0 aliphatic rings. The number of aryl methyl sites for hydroxylation is 2. The maximum Gasteiger partial charge on any atom is 0.185 e. The van der Waals surface area contributed by atoms with Gasteiger partial charge in [-0.15, -0.1) is 0 Å². The van der Waals surface area contributed by atoms with Gasteiger partial charge in [-0.2, -0.15) is 0 Å². The molecule has 0 saturated carbocycles. The molecule has 0 saturated heterocycles. The molecule has 2 aromatic rings. The minimum absolute atomic E-state index is 0.00961. The van der Waals surface area contributed by atoms with Crippen molar-refractivity contribution in [2.45, 2.75) is 27.7 Å². The highest BCUT2D eigenvalue weighted by Gasteiger charge is 2.07.